The van der Waals surface area contributed by atoms with Gasteiger partial charge < -0.3 is 24.3 Å². The molecule has 0 radical (unpaired) electrons. The Morgan fingerprint density at radius 1 is 1.21 bits per heavy atom. The summed E-state index contributed by atoms with van der Waals surface area (Å²) < 4.78 is 33.3. The van der Waals surface area contributed by atoms with Crippen molar-refractivity contribution in [2.24, 2.45) is 17.3 Å². The van der Waals surface area contributed by atoms with Crippen LogP contribution in [0.15, 0.2) is 54.1 Å². The second kappa shape index (κ2) is 12.1. The number of likely N-dealkylation sites (N-methyl/N-ethyl adjacent to an activating group) is 1. The highest BCUT2D eigenvalue weighted by molar-refractivity contribution is 6.48. The maximum atomic E-state index is 14.5. The molecule has 3 aliphatic carbocycles. The number of nitrogens with zero attached hydrogens (tertiary/aromatic N) is 2. The molecule has 8 nitrogen and oxygen atoms in total. The zero-order valence-corrected chi connectivity index (χ0v) is 25.4. The monoisotopic (exact) mass is 587 g/mol. The average Bonchev–Trinajstić information content (AvgIpc) is 3.34. The molecular formula is C33H39BFN3O5. The molecule has 43 heavy (non-hydrogen) atoms. The molecule has 2 bridgehead atoms. The number of carbonyl (C=O) groups excluding carboxylic acids is 2. The number of benzene rings is 2. The first-order chi connectivity index (χ1) is 20.4. The fourth-order valence-corrected chi connectivity index (χ4v) is 6.96. The smallest absolute Gasteiger partial charge is 0.482 e. The van der Waals surface area contributed by atoms with Gasteiger partial charge in [-0.1, -0.05) is 50.2 Å². The van der Waals surface area contributed by atoms with Crippen LogP contribution < -0.4 is 10.1 Å². The standard InChI is InChI=1S/C33H39BFN3O5/c1-32(2)24-18-27(32)33(3)28(19-24)42-34(43-33)29(17-21-9-7-6-8-10-21)37-30(39)13-14-41-26-16-22(11-12-25(26)35)15-23(20-36)31(40)38(4)5/h6-12,15-16,24,27-29H,13-14,17-19H2,1-5H3,(H,37,39)/t24-,27-,28+,29-,33-/m0/s1. The van der Waals surface area contributed by atoms with Crippen LogP contribution in [0.1, 0.15) is 51.2 Å². The van der Waals surface area contributed by atoms with Crippen molar-refractivity contribution in [2.45, 2.75) is 64.1 Å². The van der Waals surface area contributed by atoms with E-state index in [0.717, 1.165) is 18.4 Å². The Morgan fingerprint density at radius 3 is 2.63 bits per heavy atom. The molecule has 1 aliphatic heterocycles. The summed E-state index contributed by atoms with van der Waals surface area (Å²) in [7, 11) is 2.50. The van der Waals surface area contributed by atoms with E-state index in [1.54, 1.807) is 14.1 Å². The van der Waals surface area contributed by atoms with Gasteiger partial charge in [-0.3, -0.25) is 9.59 Å². The number of halogens is 1. The van der Waals surface area contributed by atoms with Crippen molar-refractivity contribution >= 4 is 25.0 Å². The maximum absolute atomic E-state index is 14.5. The lowest BCUT2D eigenvalue weighted by atomic mass is 9.43. The molecule has 0 spiro atoms. The normalized spacial score (nSPS) is 26.0. The summed E-state index contributed by atoms with van der Waals surface area (Å²) in [6.07, 6.45) is 3.98. The van der Waals surface area contributed by atoms with Gasteiger partial charge in [0, 0.05) is 14.1 Å². The molecule has 1 N–H and O–H groups in total. The Balaban J connectivity index is 1.24. The first kappa shape index (κ1) is 30.8. The van der Waals surface area contributed by atoms with Crippen LogP contribution in [0.25, 0.3) is 6.08 Å². The van der Waals surface area contributed by atoms with E-state index in [1.165, 1.54) is 29.2 Å². The Hall–Kier alpha value is -3.68. The van der Waals surface area contributed by atoms with Crippen molar-refractivity contribution in [3.63, 3.8) is 0 Å². The molecule has 4 aliphatic rings. The summed E-state index contributed by atoms with van der Waals surface area (Å²) >= 11 is 0. The van der Waals surface area contributed by atoms with Crippen molar-refractivity contribution < 1.29 is 28.0 Å². The highest BCUT2D eigenvalue weighted by atomic mass is 19.1. The molecule has 2 aromatic carbocycles. The predicted octanol–water partition coefficient (Wildman–Crippen LogP) is 4.58. The van der Waals surface area contributed by atoms with Gasteiger partial charge in [0.05, 0.1) is 30.7 Å². The molecule has 0 unspecified atom stereocenters. The van der Waals surface area contributed by atoms with E-state index < -0.39 is 30.4 Å². The molecule has 6 rings (SSSR count). The zero-order valence-electron chi connectivity index (χ0n) is 25.4. The van der Waals surface area contributed by atoms with Gasteiger partial charge in [0.25, 0.3) is 5.91 Å². The van der Waals surface area contributed by atoms with Crippen molar-refractivity contribution in [2.75, 3.05) is 20.7 Å². The van der Waals surface area contributed by atoms with Crippen LogP contribution in [0.3, 0.4) is 0 Å². The molecule has 3 saturated carbocycles. The van der Waals surface area contributed by atoms with Crippen LogP contribution in [0.2, 0.25) is 0 Å². The van der Waals surface area contributed by atoms with Crippen molar-refractivity contribution in [1.82, 2.24) is 10.2 Å². The quantitative estimate of drug-likeness (QED) is 0.248. The van der Waals surface area contributed by atoms with E-state index in [9.17, 15) is 19.2 Å². The Kier molecular flexibility index (Phi) is 8.69. The molecule has 0 aromatic heterocycles. The largest absolute Gasteiger partial charge is 0.490 e. The molecule has 5 atom stereocenters. The van der Waals surface area contributed by atoms with E-state index >= 15 is 0 Å². The van der Waals surface area contributed by atoms with E-state index in [0.29, 0.717) is 23.8 Å². The second-order valence-corrected chi connectivity index (χ2v) is 12.9. The fourth-order valence-electron chi connectivity index (χ4n) is 6.96. The third-order valence-electron chi connectivity index (χ3n) is 9.55. The molecule has 2 aromatic rings. The minimum atomic E-state index is -0.609. The number of rotatable bonds is 10. The van der Waals surface area contributed by atoms with E-state index in [1.807, 2.05) is 36.4 Å². The predicted molar refractivity (Wildman–Crippen MR) is 161 cm³/mol. The van der Waals surface area contributed by atoms with Crippen molar-refractivity contribution in [3.8, 4) is 11.8 Å². The molecule has 10 heteroatoms. The highest BCUT2D eigenvalue weighted by Gasteiger charge is 2.68. The number of ether oxygens (including phenoxy) is 1. The SMILES string of the molecule is CN(C)C(=O)C(C#N)=Cc1ccc(F)c(OCCC(=O)N[C@@H](Cc2ccccc2)B2O[C@@H]3C[C@@H]4C[C@@H](C4(C)C)[C@]3(C)O2)c1. The average molecular weight is 588 g/mol. The van der Waals surface area contributed by atoms with Gasteiger partial charge in [-0.05, 0) is 72.8 Å². The summed E-state index contributed by atoms with van der Waals surface area (Å²) in [6.45, 7) is 6.71. The summed E-state index contributed by atoms with van der Waals surface area (Å²) in [6, 6.07) is 15.8. The van der Waals surface area contributed by atoms with Gasteiger partial charge in [-0.15, -0.1) is 0 Å². The first-order valence-corrected chi connectivity index (χ1v) is 14.8. The van der Waals surface area contributed by atoms with Crippen LogP contribution >= 0.6 is 0 Å². The van der Waals surface area contributed by atoms with Gasteiger partial charge in [0.2, 0.25) is 5.91 Å². The van der Waals surface area contributed by atoms with E-state index in [4.69, 9.17) is 14.0 Å². The molecule has 226 valence electrons. The number of carbonyl (C=O) groups is 2. The first-order valence-electron chi connectivity index (χ1n) is 14.8. The van der Waals surface area contributed by atoms with Crippen LogP contribution in [-0.4, -0.2) is 62.2 Å². The third-order valence-corrected chi connectivity index (χ3v) is 9.55. The molecular weight excluding hydrogens is 548 g/mol. The topological polar surface area (TPSA) is 101 Å². The second-order valence-electron chi connectivity index (χ2n) is 12.9. The van der Waals surface area contributed by atoms with Crippen molar-refractivity contribution in [1.29, 1.82) is 5.26 Å². The van der Waals surface area contributed by atoms with Crippen molar-refractivity contribution in [3.05, 3.63) is 71.0 Å². The van der Waals surface area contributed by atoms with Crippen LogP contribution in [0, 0.1) is 34.4 Å². The summed E-state index contributed by atoms with van der Waals surface area (Å²) in [5, 5.41) is 12.5. The zero-order chi connectivity index (χ0) is 30.9. The Bertz CT molecular complexity index is 1440. The molecule has 4 fully saturated rings. The van der Waals surface area contributed by atoms with Crippen LogP contribution in [0.5, 0.6) is 5.75 Å². The number of hydrogen-bond donors (Lipinski definition) is 1. The number of amides is 2. The molecule has 2 amide bonds. The van der Waals surface area contributed by atoms with Gasteiger partial charge in [-0.25, -0.2) is 4.39 Å². The van der Waals surface area contributed by atoms with Gasteiger partial charge in [0.1, 0.15) is 11.6 Å². The summed E-state index contributed by atoms with van der Waals surface area (Å²) in [5.41, 5.74) is 1.21. The highest BCUT2D eigenvalue weighted by Crippen LogP contribution is 2.65. The fraction of sp³-hybridized carbons (Fsp3) is 0.485. The van der Waals surface area contributed by atoms with E-state index in [2.05, 4.69) is 26.1 Å². The molecule has 1 saturated heterocycles. The Morgan fingerprint density at radius 2 is 1.95 bits per heavy atom. The summed E-state index contributed by atoms with van der Waals surface area (Å²) in [5.74, 6) is -0.799. The third kappa shape index (κ3) is 6.20. The van der Waals surface area contributed by atoms with E-state index in [-0.39, 0.29) is 41.8 Å². The van der Waals surface area contributed by atoms with Gasteiger partial charge >= 0.3 is 7.12 Å². The number of nitriles is 1. The maximum Gasteiger partial charge on any atom is 0.482 e. The van der Waals surface area contributed by atoms with Gasteiger partial charge in [0.15, 0.2) is 11.6 Å². The lowest BCUT2D eigenvalue weighted by molar-refractivity contribution is -0.199. The lowest BCUT2D eigenvalue weighted by Gasteiger charge is -2.64. The minimum Gasteiger partial charge on any atom is -0.490 e. The lowest BCUT2D eigenvalue weighted by Crippen LogP contribution is -2.65. The molecule has 1 heterocycles. The summed E-state index contributed by atoms with van der Waals surface area (Å²) in [4.78, 5) is 26.6. The number of hydrogen-bond acceptors (Lipinski definition) is 6. The van der Waals surface area contributed by atoms with Crippen LogP contribution in [0.4, 0.5) is 4.39 Å². The Labute approximate surface area is 253 Å². The van der Waals surface area contributed by atoms with Crippen LogP contribution in [-0.2, 0) is 25.3 Å². The number of nitrogens with one attached hydrogen (secondary N) is 1. The minimum absolute atomic E-state index is 0.00773. The van der Waals surface area contributed by atoms with Gasteiger partial charge in [-0.2, -0.15) is 5.26 Å².